The Morgan fingerprint density at radius 3 is 2.68 bits per heavy atom. The quantitative estimate of drug-likeness (QED) is 0.747. The molecular formula is C20H31NO4. The van der Waals surface area contributed by atoms with Gasteiger partial charge < -0.3 is 19.1 Å². The van der Waals surface area contributed by atoms with Crippen LogP contribution in [0.1, 0.15) is 52.0 Å². The predicted molar refractivity (Wildman–Crippen MR) is 98.2 cm³/mol. The number of hydrogen-bond acceptors (Lipinski definition) is 4. The summed E-state index contributed by atoms with van der Waals surface area (Å²) in [5.41, 5.74) is 0.812. The van der Waals surface area contributed by atoms with Crippen LogP contribution in [0.5, 0.6) is 5.75 Å². The van der Waals surface area contributed by atoms with Gasteiger partial charge in [-0.25, -0.2) is 4.79 Å². The summed E-state index contributed by atoms with van der Waals surface area (Å²) < 4.78 is 16.2. The number of amides is 1. The molecule has 25 heavy (non-hydrogen) atoms. The Balaban J connectivity index is 1.96. The molecule has 1 aliphatic rings. The number of nitrogens with zero attached hydrogens (tertiary/aromatic N) is 1. The lowest BCUT2D eigenvalue weighted by Crippen LogP contribution is -2.46. The summed E-state index contributed by atoms with van der Waals surface area (Å²) in [6.07, 6.45) is 1.65. The lowest BCUT2D eigenvalue weighted by Gasteiger charge is -2.38. The lowest BCUT2D eigenvalue weighted by molar-refractivity contribution is 0.0103. The Kier molecular flexibility index (Phi) is 6.71. The normalized spacial score (nSPS) is 21.1. The minimum Gasteiger partial charge on any atom is -0.491 e. The SMILES string of the molecule is COCCOc1cccc([C@@H]2CCN(C(=O)OC(C)(C)C)[C@H](C)C2)c1. The summed E-state index contributed by atoms with van der Waals surface area (Å²) in [7, 11) is 1.67. The molecule has 0 radical (unpaired) electrons. The van der Waals surface area contributed by atoms with Gasteiger partial charge in [0.1, 0.15) is 18.0 Å². The van der Waals surface area contributed by atoms with E-state index in [4.69, 9.17) is 14.2 Å². The fraction of sp³-hybridized carbons (Fsp3) is 0.650. The summed E-state index contributed by atoms with van der Waals surface area (Å²) in [6, 6.07) is 8.41. The first-order valence-electron chi connectivity index (χ1n) is 9.01. The number of benzene rings is 1. The Hall–Kier alpha value is -1.75. The molecule has 1 saturated heterocycles. The number of piperidine rings is 1. The third-order valence-corrected chi connectivity index (χ3v) is 4.39. The van der Waals surface area contributed by atoms with E-state index in [0.29, 0.717) is 19.1 Å². The van der Waals surface area contributed by atoms with Crippen LogP contribution < -0.4 is 4.74 Å². The predicted octanol–water partition coefficient (Wildman–Crippen LogP) is 4.21. The monoisotopic (exact) mass is 349 g/mol. The molecule has 0 spiro atoms. The molecular weight excluding hydrogens is 318 g/mol. The van der Waals surface area contributed by atoms with Gasteiger partial charge in [-0.3, -0.25) is 0 Å². The van der Waals surface area contributed by atoms with E-state index in [1.165, 1.54) is 5.56 Å². The third kappa shape index (κ3) is 5.92. The average Bonchev–Trinajstić information content (AvgIpc) is 2.53. The number of methoxy groups -OCH3 is 1. The van der Waals surface area contributed by atoms with Crippen LogP contribution in [0.3, 0.4) is 0 Å². The molecule has 0 N–H and O–H groups in total. The van der Waals surface area contributed by atoms with Crippen LogP contribution >= 0.6 is 0 Å². The van der Waals surface area contributed by atoms with Crippen molar-refractivity contribution in [1.29, 1.82) is 0 Å². The van der Waals surface area contributed by atoms with Crippen molar-refractivity contribution in [2.24, 2.45) is 0 Å². The van der Waals surface area contributed by atoms with E-state index in [1.54, 1.807) is 7.11 Å². The molecule has 5 heteroatoms. The second kappa shape index (κ2) is 8.56. The van der Waals surface area contributed by atoms with Gasteiger partial charge in [0.2, 0.25) is 0 Å². The second-order valence-corrected chi connectivity index (χ2v) is 7.66. The summed E-state index contributed by atoms with van der Waals surface area (Å²) in [5.74, 6) is 1.30. The van der Waals surface area contributed by atoms with Gasteiger partial charge in [-0.2, -0.15) is 0 Å². The summed E-state index contributed by atoms with van der Waals surface area (Å²) in [5, 5.41) is 0. The first kappa shape index (κ1) is 19.6. The molecule has 0 aromatic heterocycles. The molecule has 140 valence electrons. The van der Waals surface area contributed by atoms with Crippen molar-refractivity contribution in [3.8, 4) is 5.75 Å². The zero-order valence-corrected chi connectivity index (χ0v) is 16.1. The summed E-state index contributed by atoms with van der Waals surface area (Å²) in [4.78, 5) is 14.2. The van der Waals surface area contributed by atoms with E-state index < -0.39 is 5.60 Å². The minimum absolute atomic E-state index is 0.159. The molecule has 1 amide bonds. The van der Waals surface area contributed by atoms with E-state index in [9.17, 15) is 4.79 Å². The highest BCUT2D eigenvalue weighted by molar-refractivity contribution is 5.68. The Morgan fingerprint density at radius 1 is 1.28 bits per heavy atom. The van der Waals surface area contributed by atoms with Gasteiger partial charge in [-0.15, -0.1) is 0 Å². The number of ether oxygens (including phenoxy) is 3. The highest BCUT2D eigenvalue weighted by Gasteiger charge is 2.32. The molecule has 0 bridgehead atoms. The van der Waals surface area contributed by atoms with E-state index in [-0.39, 0.29) is 12.1 Å². The van der Waals surface area contributed by atoms with Crippen molar-refractivity contribution in [2.45, 2.75) is 58.1 Å². The molecule has 2 rings (SSSR count). The molecule has 1 aromatic carbocycles. The minimum atomic E-state index is -0.457. The first-order valence-corrected chi connectivity index (χ1v) is 9.01. The van der Waals surface area contributed by atoms with Crippen LogP contribution in [0.15, 0.2) is 24.3 Å². The summed E-state index contributed by atoms with van der Waals surface area (Å²) in [6.45, 7) is 9.64. The van der Waals surface area contributed by atoms with Crippen LogP contribution in [0.25, 0.3) is 0 Å². The van der Waals surface area contributed by atoms with Crippen LogP contribution in [0.2, 0.25) is 0 Å². The first-order chi connectivity index (χ1) is 11.8. The van der Waals surface area contributed by atoms with Gasteiger partial charge in [0.15, 0.2) is 0 Å². The fourth-order valence-electron chi connectivity index (χ4n) is 3.17. The van der Waals surface area contributed by atoms with Gasteiger partial charge in [-0.05, 0) is 64.2 Å². The Labute approximate surface area is 151 Å². The molecule has 1 heterocycles. The topological polar surface area (TPSA) is 48.0 Å². The number of rotatable bonds is 5. The van der Waals surface area contributed by atoms with Crippen LogP contribution in [-0.2, 0) is 9.47 Å². The van der Waals surface area contributed by atoms with Gasteiger partial charge in [0.05, 0.1) is 6.61 Å². The van der Waals surface area contributed by atoms with Crippen LogP contribution in [-0.4, -0.2) is 49.5 Å². The number of hydrogen-bond donors (Lipinski definition) is 0. The van der Waals surface area contributed by atoms with Gasteiger partial charge in [0.25, 0.3) is 0 Å². The van der Waals surface area contributed by atoms with Crippen molar-refractivity contribution >= 4 is 6.09 Å². The fourth-order valence-corrected chi connectivity index (χ4v) is 3.17. The Morgan fingerprint density at radius 2 is 2.04 bits per heavy atom. The highest BCUT2D eigenvalue weighted by Crippen LogP contribution is 2.33. The molecule has 1 aromatic rings. The number of carbonyl (C=O) groups is 1. The van der Waals surface area contributed by atoms with Crippen molar-refractivity contribution in [2.75, 3.05) is 26.9 Å². The third-order valence-electron chi connectivity index (χ3n) is 4.39. The standard InChI is InChI=1S/C20H31NO4/c1-15-13-17(9-10-21(15)19(22)25-20(2,3)4)16-7-6-8-18(14-16)24-12-11-23-5/h6-8,14-15,17H,9-13H2,1-5H3/t15-,17-/m1/s1. The van der Waals surface area contributed by atoms with Crippen molar-refractivity contribution in [3.05, 3.63) is 29.8 Å². The molecule has 0 aliphatic carbocycles. The van der Waals surface area contributed by atoms with E-state index in [0.717, 1.165) is 25.1 Å². The van der Waals surface area contributed by atoms with E-state index in [2.05, 4.69) is 19.1 Å². The molecule has 1 aliphatic heterocycles. The molecule has 2 atom stereocenters. The smallest absolute Gasteiger partial charge is 0.410 e. The zero-order chi connectivity index (χ0) is 18.4. The van der Waals surface area contributed by atoms with Gasteiger partial charge in [0, 0.05) is 19.7 Å². The van der Waals surface area contributed by atoms with Gasteiger partial charge in [-0.1, -0.05) is 12.1 Å². The van der Waals surface area contributed by atoms with Crippen molar-refractivity contribution in [3.63, 3.8) is 0 Å². The molecule has 5 nitrogen and oxygen atoms in total. The van der Waals surface area contributed by atoms with Crippen molar-refractivity contribution < 1.29 is 19.0 Å². The largest absolute Gasteiger partial charge is 0.491 e. The maximum absolute atomic E-state index is 12.3. The number of carbonyl (C=O) groups excluding carboxylic acids is 1. The highest BCUT2D eigenvalue weighted by atomic mass is 16.6. The van der Waals surface area contributed by atoms with Gasteiger partial charge >= 0.3 is 6.09 Å². The van der Waals surface area contributed by atoms with Crippen LogP contribution in [0.4, 0.5) is 4.79 Å². The van der Waals surface area contributed by atoms with E-state index in [1.807, 2.05) is 37.8 Å². The zero-order valence-electron chi connectivity index (χ0n) is 16.1. The van der Waals surface area contributed by atoms with Crippen LogP contribution in [0, 0.1) is 0 Å². The van der Waals surface area contributed by atoms with Crippen molar-refractivity contribution in [1.82, 2.24) is 4.90 Å². The average molecular weight is 349 g/mol. The molecule has 1 fully saturated rings. The molecule has 0 unspecified atom stereocenters. The molecule has 0 saturated carbocycles. The maximum atomic E-state index is 12.3. The maximum Gasteiger partial charge on any atom is 0.410 e. The summed E-state index contributed by atoms with van der Waals surface area (Å²) >= 11 is 0. The second-order valence-electron chi connectivity index (χ2n) is 7.66. The lowest BCUT2D eigenvalue weighted by atomic mass is 9.86. The number of likely N-dealkylation sites (tertiary alicyclic amines) is 1. The Bertz CT molecular complexity index is 567. The van der Waals surface area contributed by atoms with E-state index >= 15 is 0 Å².